The Morgan fingerprint density at radius 1 is 1.07 bits per heavy atom. The van der Waals surface area contributed by atoms with Crippen LogP contribution in [0.5, 0.6) is 0 Å². The molecular weight excluding hydrogens is 344 g/mol. The molecule has 1 aliphatic heterocycles. The van der Waals surface area contributed by atoms with E-state index in [2.05, 4.69) is 10.1 Å². The van der Waals surface area contributed by atoms with E-state index >= 15 is 0 Å². The molecule has 1 saturated heterocycles. The number of rotatable bonds is 4. The van der Waals surface area contributed by atoms with Crippen molar-refractivity contribution in [3.63, 3.8) is 0 Å². The number of esters is 1. The minimum atomic E-state index is -0.431. The second kappa shape index (κ2) is 7.61. The lowest BCUT2D eigenvalue weighted by Gasteiger charge is -2.17. The van der Waals surface area contributed by atoms with E-state index in [1.54, 1.807) is 29.2 Å². The van der Waals surface area contributed by atoms with Gasteiger partial charge in [-0.2, -0.15) is 0 Å². The van der Waals surface area contributed by atoms with Gasteiger partial charge in [-0.05, 0) is 61.4 Å². The third-order valence-corrected chi connectivity index (χ3v) is 4.87. The van der Waals surface area contributed by atoms with Gasteiger partial charge in [0, 0.05) is 24.3 Å². The lowest BCUT2D eigenvalue weighted by atomic mass is 10.1. The molecule has 1 unspecified atom stereocenters. The molecule has 27 heavy (non-hydrogen) atoms. The number of carbonyl (C=O) groups is 3. The predicted molar refractivity (Wildman–Crippen MR) is 103 cm³/mol. The SMILES string of the molecule is COC(=O)c1ccc(N2CC(C(=O)Nc3ccc(C)c(C)c3)CC2=O)cc1. The van der Waals surface area contributed by atoms with Crippen molar-refractivity contribution >= 4 is 29.2 Å². The maximum Gasteiger partial charge on any atom is 0.337 e. The van der Waals surface area contributed by atoms with Crippen LogP contribution in [0.15, 0.2) is 42.5 Å². The topological polar surface area (TPSA) is 75.7 Å². The fourth-order valence-corrected chi connectivity index (χ4v) is 3.09. The maximum absolute atomic E-state index is 12.6. The summed E-state index contributed by atoms with van der Waals surface area (Å²) in [6, 6.07) is 12.3. The van der Waals surface area contributed by atoms with Crippen LogP contribution in [-0.2, 0) is 14.3 Å². The normalized spacial score (nSPS) is 16.3. The van der Waals surface area contributed by atoms with Gasteiger partial charge in [-0.15, -0.1) is 0 Å². The van der Waals surface area contributed by atoms with Gasteiger partial charge in [0.2, 0.25) is 11.8 Å². The predicted octanol–water partition coefficient (Wildman–Crippen LogP) is 3.08. The highest BCUT2D eigenvalue weighted by atomic mass is 16.5. The average molecular weight is 366 g/mol. The highest BCUT2D eigenvalue weighted by Gasteiger charge is 2.35. The average Bonchev–Trinajstić information content (AvgIpc) is 3.06. The molecule has 1 atom stereocenters. The fourth-order valence-electron chi connectivity index (χ4n) is 3.09. The number of carbonyl (C=O) groups excluding carboxylic acids is 3. The molecule has 1 fully saturated rings. The van der Waals surface area contributed by atoms with Crippen molar-refractivity contribution in [2.45, 2.75) is 20.3 Å². The molecule has 2 amide bonds. The van der Waals surface area contributed by atoms with Crippen molar-refractivity contribution < 1.29 is 19.1 Å². The van der Waals surface area contributed by atoms with Crippen LogP contribution in [0.2, 0.25) is 0 Å². The van der Waals surface area contributed by atoms with E-state index in [1.165, 1.54) is 7.11 Å². The zero-order valence-corrected chi connectivity index (χ0v) is 15.6. The summed E-state index contributed by atoms with van der Waals surface area (Å²) in [7, 11) is 1.32. The lowest BCUT2D eigenvalue weighted by Crippen LogP contribution is -2.28. The first-order valence-electron chi connectivity index (χ1n) is 8.76. The van der Waals surface area contributed by atoms with Gasteiger partial charge >= 0.3 is 5.97 Å². The number of methoxy groups -OCH3 is 1. The Morgan fingerprint density at radius 2 is 1.78 bits per heavy atom. The number of amides is 2. The quantitative estimate of drug-likeness (QED) is 0.844. The van der Waals surface area contributed by atoms with Gasteiger partial charge in [-0.1, -0.05) is 6.07 Å². The minimum Gasteiger partial charge on any atom is -0.465 e. The highest BCUT2D eigenvalue weighted by molar-refractivity contribution is 6.03. The van der Waals surface area contributed by atoms with E-state index in [4.69, 9.17) is 0 Å². The van der Waals surface area contributed by atoms with Crippen LogP contribution in [0, 0.1) is 19.8 Å². The van der Waals surface area contributed by atoms with Crippen molar-refractivity contribution in [2.24, 2.45) is 5.92 Å². The summed E-state index contributed by atoms with van der Waals surface area (Å²) in [6.07, 6.45) is 0.162. The Labute approximate surface area is 158 Å². The lowest BCUT2D eigenvalue weighted by molar-refractivity contribution is -0.122. The van der Waals surface area contributed by atoms with Gasteiger partial charge in [-0.3, -0.25) is 9.59 Å². The van der Waals surface area contributed by atoms with Crippen LogP contribution >= 0.6 is 0 Å². The van der Waals surface area contributed by atoms with Gasteiger partial charge in [-0.25, -0.2) is 4.79 Å². The Balaban J connectivity index is 1.68. The molecule has 1 aliphatic rings. The molecule has 3 rings (SSSR count). The first-order valence-corrected chi connectivity index (χ1v) is 8.76. The van der Waals surface area contributed by atoms with Gasteiger partial charge in [0.15, 0.2) is 0 Å². The van der Waals surface area contributed by atoms with Crippen LogP contribution in [-0.4, -0.2) is 31.4 Å². The van der Waals surface area contributed by atoms with Gasteiger partial charge in [0.25, 0.3) is 0 Å². The summed E-state index contributed by atoms with van der Waals surface area (Å²) in [6.45, 7) is 4.32. The third-order valence-electron chi connectivity index (χ3n) is 4.87. The van der Waals surface area contributed by atoms with Crippen molar-refractivity contribution in [1.82, 2.24) is 0 Å². The molecule has 0 aliphatic carbocycles. The third kappa shape index (κ3) is 4.00. The number of anilines is 2. The summed E-state index contributed by atoms with van der Waals surface area (Å²) in [5.74, 6) is -1.12. The van der Waals surface area contributed by atoms with Crippen LogP contribution < -0.4 is 10.2 Å². The van der Waals surface area contributed by atoms with Gasteiger partial charge in [0.05, 0.1) is 18.6 Å². The standard InChI is InChI=1S/C21H22N2O4/c1-13-4-7-17(10-14(13)2)22-20(25)16-11-19(24)23(12-16)18-8-5-15(6-9-18)21(26)27-3/h4-10,16H,11-12H2,1-3H3,(H,22,25). The highest BCUT2D eigenvalue weighted by Crippen LogP contribution is 2.27. The van der Waals surface area contributed by atoms with Crippen molar-refractivity contribution in [2.75, 3.05) is 23.9 Å². The fraction of sp³-hybridized carbons (Fsp3) is 0.286. The van der Waals surface area contributed by atoms with E-state index in [-0.39, 0.29) is 18.2 Å². The molecule has 0 bridgehead atoms. The molecule has 2 aromatic carbocycles. The first kappa shape index (κ1) is 18.6. The zero-order valence-electron chi connectivity index (χ0n) is 15.6. The van der Waals surface area contributed by atoms with Crippen molar-refractivity contribution in [1.29, 1.82) is 0 Å². The molecule has 0 saturated carbocycles. The van der Waals surface area contributed by atoms with Crippen molar-refractivity contribution in [3.05, 3.63) is 59.2 Å². The molecule has 140 valence electrons. The number of benzene rings is 2. The van der Waals surface area contributed by atoms with E-state index in [0.29, 0.717) is 17.8 Å². The summed E-state index contributed by atoms with van der Waals surface area (Å²) in [5, 5.41) is 2.90. The molecule has 2 aromatic rings. The number of aryl methyl sites for hydroxylation is 2. The summed E-state index contributed by atoms with van der Waals surface area (Å²) in [4.78, 5) is 38.0. The molecule has 6 nitrogen and oxygen atoms in total. The largest absolute Gasteiger partial charge is 0.465 e. The number of nitrogens with zero attached hydrogens (tertiary/aromatic N) is 1. The Bertz CT molecular complexity index is 890. The second-order valence-electron chi connectivity index (χ2n) is 6.73. The molecule has 1 N–H and O–H groups in total. The molecule has 1 heterocycles. The second-order valence-corrected chi connectivity index (χ2v) is 6.73. The molecular formula is C21H22N2O4. The van der Waals surface area contributed by atoms with Gasteiger partial charge < -0.3 is 15.0 Å². The van der Waals surface area contributed by atoms with E-state index in [0.717, 1.165) is 16.8 Å². The van der Waals surface area contributed by atoms with Crippen LogP contribution in [0.25, 0.3) is 0 Å². The van der Waals surface area contributed by atoms with E-state index in [1.807, 2.05) is 32.0 Å². The maximum atomic E-state index is 12.6. The van der Waals surface area contributed by atoms with Crippen LogP contribution in [0.4, 0.5) is 11.4 Å². The minimum absolute atomic E-state index is 0.110. The molecule has 0 aromatic heterocycles. The monoisotopic (exact) mass is 366 g/mol. The summed E-state index contributed by atoms with van der Waals surface area (Å²) < 4.78 is 4.67. The Hall–Kier alpha value is -3.15. The summed E-state index contributed by atoms with van der Waals surface area (Å²) >= 11 is 0. The molecule has 6 heteroatoms. The van der Waals surface area contributed by atoms with E-state index in [9.17, 15) is 14.4 Å². The van der Waals surface area contributed by atoms with Crippen molar-refractivity contribution in [3.8, 4) is 0 Å². The number of nitrogens with one attached hydrogen (secondary N) is 1. The van der Waals surface area contributed by atoms with E-state index < -0.39 is 11.9 Å². The first-order chi connectivity index (χ1) is 12.9. The number of hydrogen-bond acceptors (Lipinski definition) is 4. The van der Waals surface area contributed by atoms with Gasteiger partial charge in [0.1, 0.15) is 0 Å². The van der Waals surface area contributed by atoms with Crippen LogP contribution in [0.3, 0.4) is 0 Å². The summed E-state index contributed by atoms with van der Waals surface area (Å²) in [5.41, 5.74) is 4.07. The molecule has 0 spiro atoms. The Morgan fingerprint density at radius 3 is 2.41 bits per heavy atom. The Kier molecular flexibility index (Phi) is 5.26. The molecule has 0 radical (unpaired) electrons. The number of hydrogen-bond donors (Lipinski definition) is 1. The zero-order chi connectivity index (χ0) is 19.6. The smallest absolute Gasteiger partial charge is 0.337 e. The van der Waals surface area contributed by atoms with Crippen LogP contribution in [0.1, 0.15) is 27.9 Å². The number of ether oxygens (including phenoxy) is 1.